The molecule has 2 heterocycles. The van der Waals surface area contributed by atoms with Gasteiger partial charge in [-0.15, -0.1) is 0 Å². The molecule has 14 heavy (non-hydrogen) atoms. The molecule has 6 nitrogen and oxygen atoms in total. The minimum Gasteiger partial charge on any atom is -0.365 e. The van der Waals surface area contributed by atoms with Crippen molar-refractivity contribution in [2.24, 2.45) is 5.73 Å². The highest BCUT2D eigenvalue weighted by atomic mass is 16.1. The Labute approximate surface area is 79.4 Å². The summed E-state index contributed by atoms with van der Waals surface area (Å²) in [6.45, 7) is 0. The van der Waals surface area contributed by atoms with Crippen molar-refractivity contribution in [3.8, 4) is 5.69 Å². The number of carbonyl (C=O) groups is 1. The normalized spacial score (nSPS) is 10.0. The van der Waals surface area contributed by atoms with Gasteiger partial charge in [0.2, 0.25) is 0 Å². The average molecular weight is 189 g/mol. The lowest BCUT2D eigenvalue weighted by molar-refractivity contribution is 0.1000. The van der Waals surface area contributed by atoms with E-state index in [1.54, 1.807) is 12.3 Å². The third-order valence-electron chi connectivity index (χ3n) is 1.73. The summed E-state index contributed by atoms with van der Waals surface area (Å²) in [4.78, 5) is 18.6. The van der Waals surface area contributed by atoms with Gasteiger partial charge in [-0.25, -0.2) is 9.67 Å². The van der Waals surface area contributed by atoms with E-state index in [0.717, 1.165) is 0 Å². The van der Waals surface area contributed by atoms with Crippen LogP contribution in [0.25, 0.3) is 5.69 Å². The van der Waals surface area contributed by atoms with Gasteiger partial charge in [-0.2, -0.15) is 5.10 Å². The first-order valence-corrected chi connectivity index (χ1v) is 3.88. The summed E-state index contributed by atoms with van der Waals surface area (Å²) >= 11 is 0. The average Bonchev–Trinajstić information content (AvgIpc) is 2.70. The van der Waals surface area contributed by atoms with E-state index in [2.05, 4.69) is 15.1 Å². The van der Waals surface area contributed by atoms with Gasteiger partial charge in [-0.1, -0.05) is 0 Å². The molecule has 2 aromatic rings. The number of nitrogens with zero attached hydrogens (tertiary/aromatic N) is 4. The van der Waals surface area contributed by atoms with Crippen molar-refractivity contribution >= 4 is 5.91 Å². The fourth-order valence-electron chi connectivity index (χ4n) is 1.11. The third kappa shape index (κ3) is 1.33. The van der Waals surface area contributed by atoms with Gasteiger partial charge < -0.3 is 5.73 Å². The molecule has 2 aromatic heterocycles. The van der Waals surface area contributed by atoms with E-state index in [0.29, 0.717) is 11.3 Å². The smallest absolute Gasteiger partial charge is 0.252 e. The van der Waals surface area contributed by atoms with Gasteiger partial charge in [0.15, 0.2) is 0 Å². The Balaban J connectivity index is 2.58. The first-order chi connectivity index (χ1) is 6.79. The maximum absolute atomic E-state index is 11.0. The number of nitrogens with two attached hydrogens (primary N) is 1. The zero-order valence-corrected chi connectivity index (χ0v) is 7.16. The van der Waals surface area contributed by atoms with Crippen LogP contribution in [0.15, 0.2) is 31.1 Å². The summed E-state index contributed by atoms with van der Waals surface area (Å²) < 4.78 is 1.46. The molecule has 0 aliphatic heterocycles. The Bertz CT molecular complexity index is 451. The van der Waals surface area contributed by atoms with Crippen LogP contribution in [0.3, 0.4) is 0 Å². The second-order valence-electron chi connectivity index (χ2n) is 2.60. The molecule has 0 aromatic carbocycles. The van der Waals surface area contributed by atoms with Gasteiger partial charge in [-0.3, -0.25) is 9.78 Å². The molecular weight excluding hydrogens is 182 g/mol. The third-order valence-corrected chi connectivity index (χ3v) is 1.73. The molecule has 2 rings (SSSR count). The SMILES string of the molecule is NC(=O)c1cnccc1-n1cncn1. The van der Waals surface area contributed by atoms with Crippen LogP contribution in [0, 0.1) is 0 Å². The zero-order valence-electron chi connectivity index (χ0n) is 7.16. The van der Waals surface area contributed by atoms with Crippen molar-refractivity contribution in [1.82, 2.24) is 19.7 Å². The van der Waals surface area contributed by atoms with E-state index in [1.165, 1.54) is 23.5 Å². The molecule has 0 aliphatic rings. The highest BCUT2D eigenvalue weighted by Crippen LogP contribution is 2.09. The van der Waals surface area contributed by atoms with Crippen molar-refractivity contribution in [3.63, 3.8) is 0 Å². The van der Waals surface area contributed by atoms with E-state index in [4.69, 9.17) is 5.73 Å². The minimum atomic E-state index is -0.538. The predicted molar refractivity (Wildman–Crippen MR) is 47.7 cm³/mol. The molecule has 0 bridgehead atoms. The van der Waals surface area contributed by atoms with Gasteiger partial charge in [0.05, 0.1) is 11.3 Å². The molecule has 6 heteroatoms. The Morgan fingerprint density at radius 1 is 1.43 bits per heavy atom. The topological polar surface area (TPSA) is 86.7 Å². The van der Waals surface area contributed by atoms with Crippen LogP contribution < -0.4 is 5.73 Å². The summed E-state index contributed by atoms with van der Waals surface area (Å²) in [5.74, 6) is -0.538. The molecule has 0 atom stereocenters. The molecule has 0 saturated carbocycles. The van der Waals surface area contributed by atoms with E-state index in [9.17, 15) is 4.79 Å². The van der Waals surface area contributed by atoms with Gasteiger partial charge >= 0.3 is 0 Å². The first kappa shape index (κ1) is 8.36. The number of carbonyl (C=O) groups excluding carboxylic acids is 1. The summed E-state index contributed by atoms with van der Waals surface area (Å²) in [7, 11) is 0. The van der Waals surface area contributed by atoms with E-state index in [-0.39, 0.29) is 0 Å². The lowest BCUT2D eigenvalue weighted by Crippen LogP contribution is -2.15. The Morgan fingerprint density at radius 2 is 2.29 bits per heavy atom. The van der Waals surface area contributed by atoms with Gasteiger partial charge in [0, 0.05) is 12.4 Å². The molecule has 0 spiro atoms. The Morgan fingerprint density at radius 3 is 2.93 bits per heavy atom. The standard InChI is InChI=1S/C8H7N5O/c9-8(14)6-3-10-2-1-7(6)13-5-11-4-12-13/h1-5H,(H2,9,14). The first-order valence-electron chi connectivity index (χ1n) is 3.88. The Hall–Kier alpha value is -2.24. The van der Waals surface area contributed by atoms with Crippen molar-refractivity contribution in [2.75, 3.05) is 0 Å². The predicted octanol–water partition coefficient (Wildman–Crippen LogP) is -0.239. The van der Waals surface area contributed by atoms with Gasteiger partial charge in [0.1, 0.15) is 12.7 Å². The fourth-order valence-corrected chi connectivity index (χ4v) is 1.11. The lowest BCUT2D eigenvalue weighted by atomic mass is 10.2. The quantitative estimate of drug-likeness (QED) is 0.706. The van der Waals surface area contributed by atoms with Crippen LogP contribution in [0.2, 0.25) is 0 Å². The molecule has 1 amide bonds. The highest BCUT2D eigenvalue weighted by Gasteiger charge is 2.09. The monoisotopic (exact) mass is 189 g/mol. The molecule has 70 valence electrons. The molecular formula is C8H7N5O. The number of hydrogen-bond acceptors (Lipinski definition) is 4. The maximum Gasteiger partial charge on any atom is 0.252 e. The van der Waals surface area contributed by atoms with Gasteiger partial charge in [-0.05, 0) is 6.07 Å². The number of primary amides is 1. The number of hydrogen-bond donors (Lipinski definition) is 1. The second-order valence-corrected chi connectivity index (χ2v) is 2.60. The number of amides is 1. The van der Waals surface area contributed by atoms with Crippen molar-refractivity contribution < 1.29 is 4.79 Å². The van der Waals surface area contributed by atoms with E-state index < -0.39 is 5.91 Å². The molecule has 0 aliphatic carbocycles. The van der Waals surface area contributed by atoms with Crippen LogP contribution >= 0.6 is 0 Å². The number of aromatic nitrogens is 4. The number of rotatable bonds is 2. The molecule has 0 radical (unpaired) electrons. The molecule has 0 fully saturated rings. The summed E-state index contributed by atoms with van der Waals surface area (Å²) in [5.41, 5.74) is 6.07. The van der Waals surface area contributed by atoms with E-state index >= 15 is 0 Å². The second kappa shape index (κ2) is 3.25. The van der Waals surface area contributed by atoms with Crippen molar-refractivity contribution in [1.29, 1.82) is 0 Å². The van der Waals surface area contributed by atoms with Crippen LogP contribution in [-0.4, -0.2) is 25.7 Å². The Kier molecular flexibility index (Phi) is 1.94. The maximum atomic E-state index is 11.0. The van der Waals surface area contributed by atoms with Gasteiger partial charge in [0.25, 0.3) is 5.91 Å². The van der Waals surface area contributed by atoms with Crippen molar-refractivity contribution in [2.45, 2.75) is 0 Å². The molecule has 2 N–H and O–H groups in total. The van der Waals surface area contributed by atoms with Crippen LogP contribution in [0.4, 0.5) is 0 Å². The van der Waals surface area contributed by atoms with Crippen LogP contribution in [0.5, 0.6) is 0 Å². The fraction of sp³-hybridized carbons (Fsp3) is 0. The largest absolute Gasteiger partial charge is 0.365 e. The van der Waals surface area contributed by atoms with Crippen LogP contribution in [0.1, 0.15) is 10.4 Å². The zero-order chi connectivity index (χ0) is 9.97. The van der Waals surface area contributed by atoms with Crippen molar-refractivity contribution in [3.05, 3.63) is 36.7 Å². The molecule has 0 unspecified atom stereocenters. The van der Waals surface area contributed by atoms with Crippen LogP contribution in [-0.2, 0) is 0 Å². The minimum absolute atomic E-state index is 0.318. The summed E-state index contributed by atoms with van der Waals surface area (Å²) in [6.07, 6.45) is 5.83. The molecule has 0 saturated heterocycles. The summed E-state index contributed by atoms with van der Waals surface area (Å²) in [6, 6.07) is 1.65. The number of pyridine rings is 1. The van der Waals surface area contributed by atoms with E-state index in [1.807, 2.05) is 0 Å². The lowest BCUT2D eigenvalue weighted by Gasteiger charge is -2.03. The summed E-state index contributed by atoms with van der Waals surface area (Å²) in [5, 5.41) is 3.90. The highest BCUT2D eigenvalue weighted by molar-refractivity contribution is 5.96.